The maximum Gasteiger partial charge on any atom is 0.258 e. The number of rotatable bonds is 14. The Morgan fingerprint density at radius 1 is 0.508 bits per heavy atom. The molecular formula is C56H54N4O5. The molecule has 0 unspecified atom stereocenters. The van der Waals surface area contributed by atoms with E-state index in [1.807, 2.05) is 104 Å². The van der Waals surface area contributed by atoms with Crippen LogP contribution in [0.4, 0.5) is 0 Å². The van der Waals surface area contributed by atoms with Crippen LogP contribution in [-0.2, 0) is 49.5 Å². The SMILES string of the molecule is CCCn1cc(C2=CC(=O)NC2=O)c2cc(OCc3ccccc3)ccc21.CCCn1ccc2cc(OCc3ccccc3)ccc21.Cn1ccc2cc(OCc3ccccc3)ccc21. The Labute approximate surface area is 380 Å². The number of ether oxygens (including phenoxy) is 3. The van der Waals surface area contributed by atoms with Gasteiger partial charge in [-0.2, -0.15) is 0 Å². The van der Waals surface area contributed by atoms with Gasteiger partial charge in [-0.3, -0.25) is 14.9 Å². The van der Waals surface area contributed by atoms with Crippen LogP contribution in [0.2, 0.25) is 0 Å². The summed E-state index contributed by atoms with van der Waals surface area (Å²) in [5.74, 6) is 1.84. The van der Waals surface area contributed by atoms with Gasteiger partial charge in [0.15, 0.2) is 0 Å². The van der Waals surface area contributed by atoms with Crippen molar-refractivity contribution in [3.05, 3.63) is 205 Å². The molecule has 0 saturated heterocycles. The summed E-state index contributed by atoms with van der Waals surface area (Å²) in [5.41, 5.74) is 8.15. The molecule has 9 heteroatoms. The third-order valence-electron chi connectivity index (χ3n) is 11.2. The number of nitrogens with one attached hydrogen (secondary N) is 1. The number of hydrogen-bond acceptors (Lipinski definition) is 5. The highest BCUT2D eigenvalue weighted by Crippen LogP contribution is 2.33. The molecule has 0 radical (unpaired) electrons. The topological polar surface area (TPSA) is 88.6 Å². The molecule has 65 heavy (non-hydrogen) atoms. The number of carbonyl (C=O) groups excluding carboxylic acids is 2. The molecule has 0 saturated carbocycles. The van der Waals surface area contributed by atoms with Gasteiger partial charge in [0, 0.05) is 83.1 Å². The third kappa shape index (κ3) is 11.1. The van der Waals surface area contributed by atoms with Gasteiger partial charge >= 0.3 is 0 Å². The predicted molar refractivity (Wildman–Crippen MR) is 261 cm³/mol. The van der Waals surface area contributed by atoms with Crippen molar-refractivity contribution in [3.8, 4) is 17.2 Å². The smallest absolute Gasteiger partial charge is 0.258 e. The predicted octanol–water partition coefficient (Wildman–Crippen LogP) is 12.1. The molecule has 0 bridgehead atoms. The summed E-state index contributed by atoms with van der Waals surface area (Å²) in [5, 5.41) is 5.68. The third-order valence-corrected chi connectivity index (χ3v) is 11.2. The summed E-state index contributed by atoms with van der Waals surface area (Å²) >= 11 is 0. The number of benzene rings is 6. The Balaban J connectivity index is 0.000000136. The van der Waals surface area contributed by atoms with Gasteiger partial charge < -0.3 is 27.9 Å². The molecule has 6 aromatic carbocycles. The highest BCUT2D eigenvalue weighted by atomic mass is 16.5. The Morgan fingerprint density at radius 3 is 1.51 bits per heavy atom. The van der Waals surface area contributed by atoms with Crippen molar-refractivity contribution in [1.82, 2.24) is 19.0 Å². The minimum absolute atomic E-state index is 0.355. The lowest BCUT2D eigenvalue weighted by atomic mass is 10.1. The first-order valence-corrected chi connectivity index (χ1v) is 22.2. The number of carbonyl (C=O) groups is 2. The zero-order valence-electron chi connectivity index (χ0n) is 37.2. The lowest BCUT2D eigenvalue weighted by Crippen LogP contribution is -2.21. The summed E-state index contributed by atoms with van der Waals surface area (Å²) in [4.78, 5) is 23.7. The van der Waals surface area contributed by atoms with Crippen molar-refractivity contribution >= 4 is 50.1 Å². The Hall–Kier alpha value is -7.78. The molecule has 1 aliphatic rings. The van der Waals surface area contributed by atoms with E-state index in [1.165, 1.54) is 39.0 Å². The molecule has 0 atom stereocenters. The van der Waals surface area contributed by atoms with Crippen molar-refractivity contribution in [2.24, 2.45) is 7.05 Å². The van der Waals surface area contributed by atoms with Crippen molar-refractivity contribution in [3.63, 3.8) is 0 Å². The van der Waals surface area contributed by atoms with Crippen LogP contribution in [0.5, 0.6) is 17.2 Å². The van der Waals surface area contributed by atoms with Crippen LogP contribution in [0.25, 0.3) is 38.3 Å². The van der Waals surface area contributed by atoms with Gasteiger partial charge in [0.25, 0.3) is 11.8 Å². The van der Waals surface area contributed by atoms with Gasteiger partial charge in [-0.1, -0.05) is 105 Å². The molecule has 10 rings (SSSR count). The second kappa shape index (κ2) is 21.1. The van der Waals surface area contributed by atoms with E-state index in [-0.39, 0.29) is 11.8 Å². The summed E-state index contributed by atoms with van der Waals surface area (Å²) in [6, 6.07) is 53.1. The van der Waals surface area contributed by atoms with Crippen LogP contribution in [-0.4, -0.2) is 25.5 Å². The van der Waals surface area contributed by atoms with E-state index in [4.69, 9.17) is 14.2 Å². The van der Waals surface area contributed by atoms with Crippen LogP contribution < -0.4 is 19.5 Å². The Kier molecular flexibility index (Phi) is 14.2. The van der Waals surface area contributed by atoms with Gasteiger partial charge in [-0.15, -0.1) is 0 Å². The molecule has 0 fully saturated rings. The summed E-state index contributed by atoms with van der Waals surface area (Å²) in [6.45, 7) is 7.90. The second-order valence-electron chi connectivity index (χ2n) is 16.0. The molecule has 328 valence electrons. The number of imide groups is 1. The van der Waals surface area contributed by atoms with Gasteiger partial charge in [-0.25, -0.2) is 0 Å². The van der Waals surface area contributed by atoms with Crippen LogP contribution in [0.1, 0.15) is 48.9 Å². The fourth-order valence-corrected chi connectivity index (χ4v) is 7.89. The van der Waals surface area contributed by atoms with E-state index in [9.17, 15) is 9.59 Å². The summed E-state index contributed by atoms with van der Waals surface area (Å²) < 4.78 is 24.1. The van der Waals surface area contributed by atoms with E-state index in [1.54, 1.807) is 0 Å². The maximum atomic E-state index is 12.2. The van der Waals surface area contributed by atoms with Crippen molar-refractivity contribution in [2.45, 2.75) is 59.6 Å². The Bertz CT molecular complexity index is 3040. The molecule has 9 nitrogen and oxygen atoms in total. The lowest BCUT2D eigenvalue weighted by Gasteiger charge is -2.08. The van der Waals surface area contributed by atoms with E-state index < -0.39 is 0 Å². The minimum Gasteiger partial charge on any atom is -0.489 e. The van der Waals surface area contributed by atoms with Crippen molar-refractivity contribution in [2.75, 3.05) is 0 Å². The number of amides is 2. The van der Waals surface area contributed by atoms with Crippen LogP contribution in [0.3, 0.4) is 0 Å². The monoisotopic (exact) mass is 862 g/mol. The van der Waals surface area contributed by atoms with Crippen molar-refractivity contribution in [1.29, 1.82) is 0 Å². The zero-order valence-corrected chi connectivity index (χ0v) is 37.2. The van der Waals surface area contributed by atoms with Gasteiger partial charge in [-0.05, 0) is 96.3 Å². The van der Waals surface area contributed by atoms with Gasteiger partial charge in [0.2, 0.25) is 0 Å². The number of aryl methyl sites for hydroxylation is 3. The number of fused-ring (bicyclic) bond motifs is 3. The van der Waals surface area contributed by atoms with E-state index in [2.05, 4.69) is 112 Å². The van der Waals surface area contributed by atoms with Crippen molar-refractivity contribution < 1.29 is 23.8 Å². The molecule has 2 amide bonds. The maximum absolute atomic E-state index is 12.2. The molecular weight excluding hydrogens is 809 g/mol. The number of nitrogens with zero attached hydrogens (tertiary/aromatic N) is 3. The highest BCUT2D eigenvalue weighted by molar-refractivity contribution is 6.35. The van der Waals surface area contributed by atoms with Gasteiger partial charge in [0.05, 0.1) is 5.57 Å². The molecule has 1 aliphatic heterocycles. The van der Waals surface area contributed by atoms with Crippen LogP contribution in [0, 0.1) is 0 Å². The van der Waals surface area contributed by atoms with Crippen LogP contribution in [0.15, 0.2) is 182 Å². The lowest BCUT2D eigenvalue weighted by molar-refractivity contribution is -0.123. The fourth-order valence-electron chi connectivity index (χ4n) is 7.89. The molecule has 3 aromatic heterocycles. The first-order valence-electron chi connectivity index (χ1n) is 22.2. The molecule has 1 N–H and O–H groups in total. The zero-order chi connectivity index (χ0) is 45.0. The number of aromatic nitrogens is 3. The average Bonchev–Trinajstić information content (AvgIpc) is 4.11. The van der Waals surface area contributed by atoms with E-state index in [0.717, 1.165) is 65.2 Å². The molecule has 0 aliphatic carbocycles. The highest BCUT2D eigenvalue weighted by Gasteiger charge is 2.25. The van der Waals surface area contributed by atoms with E-state index in [0.29, 0.717) is 25.4 Å². The quantitative estimate of drug-likeness (QED) is 0.110. The standard InChI is InChI=1S/C22H20N2O3.C18H19NO.C16H15NO/c1-2-10-24-13-19(18-12-21(25)23-22(18)26)17-11-16(8-9-20(17)24)27-14-15-6-4-3-5-7-15;1-2-11-19-12-10-16-13-17(8-9-18(16)19)20-14-15-6-4-3-5-7-15;1-17-10-9-14-11-15(7-8-16(14)17)18-12-13-5-3-2-4-6-13/h3-9,11-13H,2,10,14H2,1H3,(H,23,25,26);3-10,12-13H,2,11,14H2,1H3;2-11H,12H2,1H3. The number of hydrogen-bond donors (Lipinski definition) is 1. The first-order chi connectivity index (χ1) is 31.8. The normalized spacial score (nSPS) is 12.0. The molecule has 0 spiro atoms. The minimum atomic E-state index is -0.372. The molecule has 4 heterocycles. The molecule has 9 aromatic rings. The second-order valence-corrected chi connectivity index (χ2v) is 16.0. The summed E-state index contributed by atoms with van der Waals surface area (Å²) in [6.07, 6.45) is 9.64. The summed E-state index contributed by atoms with van der Waals surface area (Å²) in [7, 11) is 2.05. The first kappa shape index (κ1) is 43.9. The van der Waals surface area contributed by atoms with Crippen LogP contribution >= 0.6 is 0 Å². The Morgan fingerprint density at radius 2 is 0.985 bits per heavy atom. The largest absolute Gasteiger partial charge is 0.489 e. The van der Waals surface area contributed by atoms with E-state index >= 15 is 0 Å². The fraction of sp³-hybridized carbons (Fsp3) is 0.179. The average molecular weight is 863 g/mol. The van der Waals surface area contributed by atoms with Gasteiger partial charge in [0.1, 0.15) is 37.1 Å².